The van der Waals surface area contributed by atoms with Crippen LogP contribution in [0.5, 0.6) is 11.5 Å². The molecule has 2 aliphatic rings. The quantitative estimate of drug-likeness (QED) is 0.429. The first kappa shape index (κ1) is 22.8. The zero-order chi connectivity index (χ0) is 23.0. The smallest absolute Gasteiger partial charge is 0.255 e. The Morgan fingerprint density at radius 3 is 2.06 bits per heavy atom. The van der Waals surface area contributed by atoms with Gasteiger partial charge in [0.25, 0.3) is 5.91 Å². The number of carbonyl (C=O) groups excluding carboxylic acids is 3. The van der Waals surface area contributed by atoms with Gasteiger partial charge in [-0.2, -0.15) is 0 Å². The van der Waals surface area contributed by atoms with Crippen molar-refractivity contribution >= 4 is 61.0 Å². The average Bonchev–Trinajstić information content (AvgIpc) is 3.03. The number of ether oxygens (including phenoxy) is 2. The molecule has 2 aromatic rings. The van der Waals surface area contributed by atoms with Gasteiger partial charge in [0.15, 0.2) is 0 Å². The van der Waals surface area contributed by atoms with E-state index in [0.717, 1.165) is 0 Å². The van der Waals surface area contributed by atoms with Crippen molar-refractivity contribution in [3.63, 3.8) is 0 Å². The van der Waals surface area contributed by atoms with Crippen LogP contribution in [0, 0.1) is 11.8 Å². The van der Waals surface area contributed by atoms with Gasteiger partial charge in [0.1, 0.15) is 11.5 Å². The van der Waals surface area contributed by atoms with Crippen molar-refractivity contribution in [1.82, 2.24) is 0 Å². The number of halogens is 2. The highest BCUT2D eigenvalue weighted by atomic mass is 79.9. The minimum atomic E-state index is -0.347. The van der Waals surface area contributed by atoms with E-state index in [-0.39, 0.29) is 39.2 Å². The van der Waals surface area contributed by atoms with Crippen molar-refractivity contribution in [1.29, 1.82) is 0 Å². The van der Waals surface area contributed by atoms with Gasteiger partial charge in [0.2, 0.25) is 11.8 Å². The fourth-order valence-electron chi connectivity index (χ4n) is 4.22. The lowest BCUT2D eigenvalue weighted by Gasteiger charge is -2.29. The van der Waals surface area contributed by atoms with E-state index in [0.29, 0.717) is 41.3 Å². The van der Waals surface area contributed by atoms with Crippen molar-refractivity contribution in [2.45, 2.75) is 22.5 Å². The van der Waals surface area contributed by atoms with Crippen LogP contribution in [0.25, 0.3) is 0 Å². The predicted octanol–water partition coefficient (Wildman–Crippen LogP) is 4.38. The second-order valence-corrected chi connectivity index (χ2v) is 10.1. The molecule has 0 radical (unpaired) electrons. The second kappa shape index (κ2) is 9.23. The van der Waals surface area contributed by atoms with Crippen LogP contribution in [0.3, 0.4) is 0 Å². The third-order valence-corrected chi connectivity index (χ3v) is 8.69. The fraction of sp³-hybridized carbons (Fsp3) is 0.348. The highest BCUT2D eigenvalue weighted by Crippen LogP contribution is 2.44. The van der Waals surface area contributed by atoms with Gasteiger partial charge in [-0.05, 0) is 49.2 Å². The first-order valence-corrected chi connectivity index (χ1v) is 12.0. The highest BCUT2D eigenvalue weighted by Gasteiger charge is 2.52. The normalized spacial score (nSPS) is 24.8. The molecule has 32 heavy (non-hydrogen) atoms. The van der Waals surface area contributed by atoms with E-state index in [2.05, 4.69) is 37.2 Å². The van der Waals surface area contributed by atoms with Gasteiger partial charge in [-0.15, -0.1) is 0 Å². The Bertz CT molecular complexity index is 1030. The minimum absolute atomic E-state index is 0.153. The summed E-state index contributed by atoms with van der Waals surface area (Å²) >= 11 is 7.19. The molecule has 1 saturated heterocycles. The maximum atomic E-state index is 13.0. The van der Waals surface area contributed by atoms with E-state index in [9.17, 15) is 14.4 Å². The number of methoxy groups -OCH3 is 2. The lowest BCUT2D eigenvalue weighted by Crippen LogP contribution is -2.34. The number of anilines is 2. The molecule has 2 fully saturated rings. The fourth-order valence-corrected chi connectivity index (χ4v) is 5.45. The summed E-state index contributed by atoms with van der Waals surface area (Å²) in [4.78, 5) is 40.2. The Kier molecular flexibility index (Phi) is 6.57. The summed E-state index contributed by atoms with van der Waals surface area (Å²) in [5.74, 6) is -0.250. The lowest BCUT2D eigenvalue weighted by atomic mass is 9.81. The summed E-state index contributed by atoms with van der Waals surface area (Å²) in [6, 6.07) is 11.6. The largest absolute Gasteiger partial charge is 0.497 e. The maximum Gasteiger partial charge on any atom is 0.255 e. The molecule has 0 spiro atoms. The predicted molar refractivity (Wildman–Crippen MR) is 128 cm³/mol. The van der Waals surface area contributed by atoms with Crippen LogP contribution in [0.1, 0.15) is 23.2 Å². The van der Waals surface area contributed by atoms with Crippen LogP contribution < -0.4 is 19.7 Å². The summed E-state index contributed by atoms with van der Waals surface area (Å²) < 4.78 is 10.5. The molecule has 168 valence electrons. The molecule has 3 amide bonds. The SMILES string of the molecule is COc1ccc(OC)c(NC(=O)c2ccc(N3C(=O)[C@@H]4C[C@H](Br)[C@@H](Br)C[C@H]4C3=O)cc2)c1. The van der Waals surface area contributed by atoms with Gasteiger partial charge in [-0.3, -0.25) is 19.3 Å². The summed E-state index contributed by atoms with van der Waals surface area (Å²) in [7, 11) is 3.06. The van der Waals surface area contributed by atoms with Crippen LogP contribution in [0.4, 0.5) is 11.4 Å². The number of hydrogen-bond donors (Lipinski definition) is 1. The number of imide groups is 1. The Morgan fingerprint density at radius 2 is 1.53 bits per heavy atom. The molecule has 1 aliphatic heterocycles. The number of nitrogens with one attached hydrogen (secondary N) is 1. The first-order valence-electron chi connectivity index (χ1n) is 10.1. The Balaban J connectivity index is 1.52. The number of amides is 3. The molecule has 4 rings (SSSR count). The molecular formula is C23H22Br2N2O5. The van der Waals surface area contributed by atoms with Crippen molar-refractivity contribution < 1.29 is 23.9 Å². The molecule has 1 N–H and O–H groups in total. The lowest BCUT2D eigenvalue weighted by molar-refractivity contribution is -0.122. The van der Waals surface area contributed by atoms with E-state index in [4.69, 9.17) is 9.47 Å². The van der Waals surface area contributed by atoms with Crippen LogP contribution >= 0.6 is 31.9 Å². The van der Waals surface area contributed by atoms with Gasteiger partial charge in [0.05, 0.1) is 37.4 Å². The molecular weight excluding hydrogens is 544 g/mol. The summed E-state index contributed by atoms with van der Waals surface area (Å²) in [5, 5.41) is 2.81. The summed E-state index contributed by atoms with van der Waals surface area (Å²) in [5.41, 5.74) is 1.34. The Morgan fingerprint density at radius 1 is 0.938 bits per heavy atom. The van der Waals surface area contributed by atoms with Gasteiger partial charge >= 0.3 is 0 Å². The number of rotatable bonds is 5. The monoisotopic (exact) mass is 564 g/mol. The van der Waals surface area contributed by atoms with Gasteiger partial charge in [0, 0.05) is 21.3 Å². The van der Waals surface area contributed by atoms with Crippen LogP contribution in [0.2, 0.25) is 0 Å². The highest BCUT2D eigenvalue weighted by molar-refractivity contribution is 9.12. The zero-order valence-corrected chi connectivity index (χ0v) is 20.7. The van der Waals surface area contributed by atoms with Crippen LogP contribution in [-0.2, 0) is 9.59 Å². The average molecular weight is 566 g/mol. The number of fused-ring (bicyclic) bond motifs is 1. The van der Waals surface area contributed by atoms with E-state index < -0.39 is 0 Å². The Hall–Kier alpha value is -2.39. The van der Waals surface area contributed by atoms with E-state index in [1.165, 1.54) is 12.0 Å². The number of benzene rings is 2. The topological polar surface area (TPSA) is 84.9 Å². The molecule has 7 nitrogen and oxygen atoms in total. The van der Waals surface area contributed by atoms with Crippen molar-refractivity contribution in [3.05, 3.63) is 48.0 Å². The molecule has 1 heterocycles. The molecule has 0 aromatic heterocycles. The number of carbonyl (C=O) groups is 3. The standard InChI is InChI=1S/C23H22Br2N2O5/c1-31-14-7-8-20(32-2)19(9-14)26-21(28)12-3-5-13(6-4-12)27-22(29)15-10-17(24)18(25)11-16(15)23(27)30/h3-9,15-18H,10-11H2,1-2H3,(H,26,28)/t15-,16-,17+,18+/m1/s1. The maximum absolute atomic E-state index is 13.0. The third-order valence-electron chi connectivity index (χ3n) is 5.95. The number of alkyl halides is 2. The molecule has 0 bridgehead atoms. The van der Waals surface area contributed by atoms with Gasteiger partial charge < -0.3 is 14.8 Å². The Labute approximate surface area is 202 Å². The number of nitrogens with zero attached hydrogens (tertiary/aromatic N) is 1. The third kappa shape index (κ3) is 4.15. The van der Waals surface area contributed by atoms with Crippen molar-refractivity contribution in [2.24, 2.45) is 11.8 Å². The van der Waals surface area contributed by atoms with E-state index >= 15 is 0 Å². The zero-order valence-electron chi connectivity index (χ0n) is 17.5. The first-order chi connectivity index (χ1) is 15.3. The van der Waals surface area contributed by atoms with Crippen LogP contribution in [-0.4, -0.2) is 41.6 Å². The molecule has 2 aromatic carbocycles. The molecule has 0 unspecified atom stereocenters. The molecule has 9 heteroatoms. The molecule has 1 aliphatic carbocycles. The van der Waals surface area contributed by atoms with Crippen LogP contribution in [0.15, 0.2) is 42.5 Å². The van der Waals surface area contributed by atoms with Crippen molar-refractivity contribution in [3.8, 4) is 11.5 Å². The molecule has 4 atom stereocenters. The van der Waals surface area contributed by atoms with E-state index in [1.807, 2.05) is 0 Å². The number of hydrogen-bond acceptors (Lipinski definition) is 5. The van der Waals surface area contributed by atoms with E-state index in [1.54, 1.807) is 49.6 Å². The minimum Gasteiger partial charge on any atom is -0.497 e. The van der Waals surface area contributed by atoms with Crippen molar-refractivity contribution in [2.75, 3.05) is 24.4 Å². The summed E-state index contributed by atoms with van der Waals surface area (Å²) in [6.07, 6.45) is 1.23. The molecule has 1 saturated carbocycles. The summed E-state index contributed by atoms with van der Waals surface area (Å²) in [6.45, 7) is 0. The second-order valence-electron chi connectivity index (χ2n) is 7.80. The van der Waals surface area contributed by atoms with Gasteiger partial charge in [-0.25, -0.2) is 0 Å². The van der Waals surface area contributed by atoms with Gasteiger partial charge in [-0.1, -0.05) is 31.9 Å².